The Morgan fingerprint density at radius 1 is 1.16 bits per heavy atom. The van der Waals surface area contributed by atoms with E-state index < -0.39 is 0 Å². The highest BCUT2D eigenvalue weighted by atomic mass is 79.9. The second-order valence-electron chi connectivity index (χ2n) is 5.81. The van der Waals surface area contributed by atoms with Crippen LogP contribution in [0.25, 0.3) is 0 Å². The number of carbonyl (C=O) groups excluding carboxylic acids is 2. The van der Waals surface area contributed by atoms with Crippen molar-refractivity contribution in [3.8, 4) is 0 Å². The number of benzene rings is 1. The monoisotopic (exact) mass is 423 g/mol. The number of thiophene rings is 1. The van der Waals surface area contributed by atoms with Crippen LogP contribution in [0.2, 0.25) is 0 Å². The lowest BCUT2D eigenvalue weighted by Gasteiger charge is -2.23. The number of hydrogen-bond acceptors (Lipinski definition) is 4. The van der Waals surface area contributed by atoms with Crippen LogP contribution in [0.5, 0.6) is 0 Å². The van der Waals surface area contributed by atoms with Gasteiger partial charge in [-0.1, -0.05) is 22.0 Å². The van der Waals surface area contributed by atoms with Gasteiger partial charge in [0, 0.05) is 34.4 Å². The standard InChI is InChI=1S/C18H22BrN3O2S/c1-22(2)15(16-4-3-11-25-16)12-21-17(23)9-10-20-18(24)13-5-7-14(19)8-6-13/h3-8,11,15H,9-10,12H2,1-2H3,(H,20,24)(H,21,23). The Bertz CT molecular complexity index is 687. The van der Waals surface area contributed by atoms with Gasteiger partial charge in [-0.15, -0.1) is 11.3 Å². The normalized spacial score (nSPS) is 12.0. The molecule has 0 aliphatic rings. The quantitative estimate of drug-likeness (QED) is 0.685. The fourth-order valence-electron chi connectivity index (χ4n) is 2.31. The molecule has 0 bridgehead atoms. The van der Waals surface area contributed by atoms with Crippen molar-refractivity contribution in [2.24, 2.45) is 0 Å². The van der Waals surface area contributed by atoms with Gasteiger partial charge in [-0.05, 0) is 49.8 Å². The van der Waals surface area contributed by atoms with Gasteiger partial charge in [0.2, 0.25) is 5.91 Å². The lowest BCUT2D eigenvalue weighted by molar-refractivity contribution is -0.121. The zero-order valence-electron chi connectivity index (χ0n) is 14.3. The Balaban J connectivity index is 1.73. The average Bonchev–Trinajstić information content (AvgIpc) is 3.09. The molecule has 0 aliphatic heterocycles. The van der Waals surface area contributed by atoms with Gasteiger partial charge in [-0.3, -0.25) is 9.59 Å². The minimum Gasteiger partial charge on any atom is -0.354 e. The molecule has 0 saturated heterocycles. The summed E-state index contributed by atoms with van der Waals surface area (Å²) in [6, 6.07) is 11.3. The number of likely N-dealkylation sites (N-methyl/N-ethyl adjacent to an activating group) is 1. The van der Waals surface area contributed by atoms with Crippen molar-refractivity contribution < 1.29 is 9.59 Å². The first-order valence-electron chi connectivity index (χ1n) is 7.97. The van der Waals surface area contributed by atoms with E-state index >= 15 is 0 Å². The zero-order chi connectivity index (χ0) is 18.2. The summed E-state index contributed by atoms with van der Waals surface area (Å²) in [5, 5.41) is 7.74. The van der Waals surface area contributed by atoms with Crippen molar-refractivity contribution in [1.82, 2.24) is 15.5 Å². The Hall–Kier alpha value is -1.70. The topological polar surface area (TPSA) is 61.4 Å². The molecule has 0 fully saturated rings. The number of nitrogens with zero attached hydrogens (tertiary/aromatic N) is 1. The lowest BCUT2D eigenvalue weighted by Crippen LogP contribution is -2.36. The van der Waals surface area contributed by atoms with Crippen LogP contribution in [-0.2, 0) is 4.79 Å². The van der Waals surface area contributed by atoms with Crippen LogP contribution < -0.4 is 10.6 Å². The largest absolute Gasteiger partial charge is 0.354 e. The zero-order valence-corrected chi connectivity index (χ0v) is 16.7. The van der Waals surface area contributed by atoms with E-state index in [2.05, 4.69) is 37.5 Å². The van der Waals surface area contributed by atoms with Gasteiger partial charge in [0.15, 0.2) is 0 Å². The SMILES string of the molecule is CN(C)C(CNC(=O)CCNC(=O)c1ccc(Br)cc1)c1cccs1. The molecule has 2 aromatic rings. The molecule has 2 rings (SSSR count). The molecule has 1 heterocycles. The van der Waals surface area contributed by atoms with Crippen LogP contribution in [-0.4, -0.2) is 43.9 Å². The van der Waals surface area contributed by atoms with Gasteiger partial charge in [0.05, 0.1) is 6.04 Å². The third-order valence-electron chi connectivity index (χ3n) is 3.73. The second-order valence-corrected chi connectivity index (χ2v) is 7.71. The first-order valence-corrected chi connectivity index (χ1v) is 9.65. The van der Waals surface area contributed by atoms with Gasteiger partial charge in [0.25, 0.3) is 5.91 Å². The Morgan fingerprint density at radius 3 is 2.48 bits per heavy atom. The number of rotatable bonds is 8. The summed E-state index contributed by atoms with van der Waals surface area (Å²) in [4.78, 5) is 27.3. The Morgan fingerprint density at radius 2 is 1.88 bits per heavy atom. The maximum Gasteiger partial charge on any atom is 0.251 e. The molecule has 0 aliphatic carbocycles. The van der Waals surface area contributed by atoms with Gasteiger partial charge < -0.3 is 15.5 Å². The molecule has 2 N–H and O–H groups in total. The van der Waals surface area contributed by atoms with Crippen LogP contribution >= 0.6 is 27.3 Å². The molecule has 5 nitrogen and oxygen atoms in total. The number of carbonyl (C=O) groups is 2. The summed E-state index contributed by atoms with van der Waals surface area (Å²) in [5.41, 5.74) is 0.578. The number of nitrogens with one attached hydrogen (secondary N) is 2. The van der Waals surface area contributed by atoms with Crippen molar-refractivity contribution in [1.29, 1.82) is 0 Å². The van der Waals surface area contributed by atoms with Crippen LogP contribution in [0.3, 0.4) is 0 Å². The van der Waals surface area contributed by atoms with E-state index in [1.54, 1.807) is 23.5 Å². The van der Waals surface area contributed by atoms with Crippen LogP contribution in [0.4, 0.5) is 0 Å². The minimum atomic E-state index is -0.176. The molecule has 1 aromatic carbocycles. The fourth-order valence-corrected chi connectivity index (χ4v) is 3.50. The highest BCUT2D eigenvalue weighted by Crippen LogP contribution is 2.22. The van der Waals surface area contributed by atoms with Crippen LogP contribution in [0.1, 0.15) is 27.7 Å². The van der Waals surface area contributed by atoms with Crippen LogP contribution in [0.15, 0.2) is 46.3 Å². The predicted octanol–water partition coefficient (Wildman–Crippen LogP) is 3.05. The molecule has 7 heteroatoms. The van der Waals surface area contributed by atoms with E-state index in [0.29, 0.717) is 18.7 Å². The highest BCUT2D eigenvalue weighted by molar-refractivity contribution is 9.10. The Labute approximate surface area is 160 Å². The van der Waals surface area contributed by atoms with E-state index in [1.165, 1.54) is 4.88 Å². The van der Waals surface area contributed by atoms with Gasteiger partial charge >= 0.3 is 0 Å². The summed E-state index contributed by atoms with van der Waals surface area (Å²) in [7, 11) is 3.99. The third-order valence-corrected chi connectivity index (χ3v) is 5.23. The molecule has 1 atom stereocenters. The molecular weight excluding hydrogens is 402 g/mol. The number of amides is 2. The number of halogens is 1. The summed E-state index contributed by atoms with van der Waals surface area (Å²) in [6.45, 7) is 0.860. The molecule has 134 valence electrons. The van der Waals surface area contributed by atoms with Crippen molar-refractivity contribution >= 4 is 39.1 Å². The van der Waals surface area contributed by atoms with Crippen molar-refractivity contribution in [2.75, 3.05) is 27.2 Å². The lowest BCUT2D eigenvalue weighted by atomic mass is 10.2. The molecule has 0 saturated carbocycles. The van der Waals surface area contributed by atoms with Gasteiger partial charge in [0.1, 0.15) is 0 Å². The first-order chi connectivity index (χ1) is 12.0. The van der Waals surface area contributed by atoms with E-state index in [9.17, 15) is 9.59 Å². The summed E-state index contributed by atoms with van der Waals surface area (Å²) >= 11 is 5.01. The average molecular weight is 424 g/mol. The van der Waals surface area contributed by atoms with E-state index in [1.807, 2.05) is 37.7 Å². The molecule has 2 amide bonds. The maximum absolute atomic E-state index is 12.0. The van der Waals surface area contributed by atoms with Crippen LogP contribution in [0, 0.1) is 0 Å². The predicted molar refractivity (Wildman–Crippen MR) is 105 cm³/mol. The second kappa shape index (κ2) is 9.70. The highest BCUT2D eigenvalue weighted by Gasteiger charge is 2.16. The van der Waals surface area contributed by atoms with Crippen molar-refractivity contribution in [2.45, 2.75) is 12.5 Å². The molecule has 1 unspecified atom stereocenters. The molecular formula is C18H22BrN3O2S. The molecule has 1 aromatic heterocycles. The van der Waals surface area contributed by atoms with Gasteiger partial charge in [-0.25, -0.2) is 0 Å². The van der Waals surface area contributed by atoms with Gasteiger partial charge in [-0.2, -0.15) is 0 Å². The summed E-state index contributed by atoms with van der Waals surface area (Å²) < 4.78 is 0.921. The summed E-state index contributed by atoms with van der Waals surface area (Å²) in [6.07, 6.45) is 0.257. The van der Waals surface area contributed by atoms with E-state index in [0.717, 1.165) is 4.47 Å². The van der Waals surface area contributed by atoms with E-state index in [-0.39, 0.29) is 24.3 Å². The molecule has 0 spiro atoms. The number of hydrogen-bond donors (Lipinski definition) is 2. The first kappa shape index (κ1) is 19.6. The molecule has 0 radical (unpaired) electrons. The van der Waals surface area contributed by atoms with E-state index in [4.69, 9.17) is 0 Å². The fraction of sp³-hybridized carbons (Fsp3) is 0.333. The maximum atomic E-state index is 12.0. The Kier molecular flexibility index (Phi) is 7.61. The third kappa shape index (κ3) is 6.26. The minimum absolute atomic E-state index is 0.0699. The summed E-state index contributed by atoms with van der Waals surface area (Å²) in [5.74, 6) is -0.246. The molecule has 25 heavy (non-hydrogen) atoms. The smallest absolute Gasteiger partial charge is 0.251 e. The van der Waals surface area contributed by atoms with Crippen molar-refractivity contribution in [3.63, 3.8) is 0 Å². The van der Waals surface area contributed by atoms with Crippen molar-refractivity contribution in [3.05, 3.63) is 56.7 Å².